The molecule has 0 radical (unpaired) electrons. The average Bonchev–Trinajstić information content (AvgIpc) is 2.76. The highest BCUT2D eigenvalue weighted by Gasteiger charge is 2.40. The number of fused-ring (bicyclic) bond motifs is 1. The van der Waals surface area contributed by atoms with Gasteiger partial charge in [-0.1, -0.05) is 6.07 Å². The third kappa shape index (κ3) is 2.29. The van der Waals surface area contributed by atoms with Crippen molar-refractivity contribution in [1.82, 2.24) is 10.2 Å². The lowest BCUT2D eigenvalue weighted by molar-refractivity contribution is -0.136. The molecule has 0 aliphatic carbocycles. The summed E-state index contributed by atoms with van der Waals surface area (Å²) in [7, 11) is 3.75. The summed E-state index contributed by atoms with van der Waals surface area (Å²) in [6, 6.07) is 3.23. The van der Waals surface area contributed by atoms with Crippen LogP contribution in [0.1, 0.15) is 28.8 Å². The van der Waals surface area contributed by atoms with E-state index in [2.05, 4.69) is 21.2 Å². The van der Waals surface area contributed by atoms with E-state index in [4.69, 9.17) is 0 Å². The Bertz CT molecular complexity index is 687. The average molecular weight is 366 g/mol. The van der Waals surface area contributed by atoms with Crippen molar-refractivity contribution < 1.29 is 14.4 Å². The molecule has 1 unspecified atom stereocenters. The van der Waals surface area contributed by atoms with Crippen LogP contribution in [0.15, 0.2) is 16.6 Å². The van der Waals surface area contributed by atoms with Gasteiger partial charge in [-0.05, 0) is 34.0 Å². The van der Waals surface area contributed by atoms with Gasteiger partial charge in [0, 0.05) is 31.5 Å². The van der Waals surface area contributed by atoms with Gasteiger partial charge < -0.3 is 9.80 Å². The third-order valence-electron chi connectivity index (χ3n) is 4.06. The maximum atomic E-state index is 12.8. The van der Waals surface area contributed by atoms with Gasteiger partial charge in [0.2, 0.25) is 11.8 Å². The zero-order valence-electron chi connectivity index (χ0n) is 12.4. The second kappa shape index (κ2) is 5.39. The quantitative estimate of drug-likeness (QED) is 0.801. The smallest absolute Gasteiger partial charge is 0.257 e. The van der Waals surface area contributed by atoms with Crippen molar-refractivity contribution in [2.45, 2.75) is 25.4 Å². The fraction of sp³-hybridized carbons (Fsp3) is 0.400. The Morgan fingerprint density at radius 3 is 2.64 bits per heavy atom. The van der Waals surface area contributed by atoms with Crippen molar-refractivity contribution in [3.05, 3.63) is 27.7 Å². The number of carbonyl (C=O) groups is 3. The van der Waals surface area contributed by atoms with E-state index in [9.17, 15) is 14.4 Å². The van der Waals surface area contributed by atoms with Gasteiger partial charge in [-0.25, -0.2) is 0 Å². The molecule has 3 amide bonds. The van der Waals surface area contributed by atoms with Crippen LogP contribution in [-0.2, 0) is 16.1 Å². The fourth-order valence-corrected chi connectivity index (χ4v) is 3.73. The molecule has 0 bridgehead atoms. The maximum Gasteiger partial charge on any atom is 0.257 e. The lowest BCUT2D eigenvalue weighted by Crippen LogP contribution is -2.52. The van der Waals surface area contributed by atoms with Gasteiger partial charge >= 0.3 is 0 Å². The first-order valence-electron chi connectivity index (χ1n) is 7.03. The minimum Gasteiger partial charge on any atom is -0.376 e. The van der Waals surface area contributed by atoms with Crippen LogP contribution in [0.2, 0.25) is 0 Å². The predicted octanol–water partition coefficient (Wildman–Crippen LogP) is 1.28. The van der Waals surface area contributed by atoms with Crippen LogP contribution in [-0.4, -0.2) is 42.8 Å². The van der Waals surface area contributed by atoms with Crippen LogP contribution in [0, 0.1) is 0 Å². The molecule has 2 aliphatic rings. The van der Waals surface area contributed by atoms with Gasteiger partial charge in [-0.3, -0.25) is 19.7 Å². The van der Waals surface area contributed by atoms with Gasteiger partial charge in [0.05, 0.1) is 11.3 Å². The molecule has 116 valence electrons. The fourth-order valence-electron chi connectivity index (χ4n) is 3.05. The summed E-state index contributed by atoms with van der Waals surface area (Å²) in [5.74, 6) is -0.820. The minimum atomic E-state index is -0.577. The highest BCUT2D eigenvalue weighted by Crippen LogP contribution is 2.38. The van der Waals surface area contributed by atoms with E-state index in [-0.39, 0.29) is 24.1 Å². The van der Waals surface area contributed by atoms with Gasteiger partial charge in [0.25, 0.3) is 5.91 Å². The molecule has 0 aromatic heterocycles. The standard InChI is InChI=1S/C15H16BrN3O3/c1-18(2)13-9(16)4-3-8-7-19(15(22)12(8)13)10-5-6-11(20)17-14(10)21/h3-4,10H,5-7H2,1-2H3,(H,17,20,21). The van der Waals surface area contributed by atoms with E-state index in [1.165, 1.54) is 0 Å². The van der Waals surface area contributed by atoms with Gasteiger partial charge in [0.15, 0.2) is 0 Å². The lowest BCUT2D eigenvalue weighted by Gasteiger charge is -2.29. The van der Waals surface area contributed by atoms with Gasteiger partial charge in [-0.2, -0.15) is 0 Å². The zero-order valence-corrected chi connectivity index (χ0v) is 13.9. The Balaban J connectivity index is 1.97. The number of hydrogen-bond acceptors (Lipinski definition) is 4. The van der Waals surface area contributed by atoms with Crippen molar-refractivity contribution in [2.75, 3.05) is 19.0 Å². The summed E-state index contributed by atoms with van der Waals surface area (Å²) in [6.07, 6.45) is 0.642. The topological polar surface area (TPSA) is 69.7 Å². The van der Waals surface area contributed by atoms with Crippen LogP contribution in [0.25, 0.3) is 0 Å². The summed E-state index contributed by atoms with van der Waals surface area (Å²) in [6.45, 7) is 0.397. The summed E-state index contributed by atoms with van der Waals surface area (Å²) < 4.78 is 0.842. The molecule has 7 heteroatoms. The molecule has 2 aliphatic heterocycles. The molecule has 1 fully saturated rings. The van der Waals surface area contributed by atoms with E-state index in [0.29, 0.717) is 18.5 Å². The number of piperidine rings is 1. The van der Waals surface area contributed by atoms with Crippen LogP contribution in [0.4, 0.5) is 5.69 Å². The SMILES string of the molecule is CN(C)c1c(Br)ccc2c1C(=O)N(C1CCC(=O)NC1=O)C2. The molecular weight excluding hydrogens is 350 g/mol. The summed E-state index contributed by atoms with van der Waals surface area (Å²) in [4.78, 5) is 39.6. The molecule has 0 spiro atoms. The maximum absolute atomic E-state index is 12.8. The highest BCUT2D eigenvalue weighted by atomic mass is 79.9. The molecule has 1 aromatic carbocycles. The van der Waals surface area contributed by atoms with Crippen molar-refractivity contribution in [1.29, 1.82) is 0 Å². The van der Waals surface area contributed by atoms with E-state index in [0.717, 1.165) is 15.7 Å². The number of benzene rings is 1. The summed E-state index contributed by atoms with van der Waals surface area (Å²) >= 11 is 3.48. The van der Waals surface area contributed by atoms with E-state index in [1.807, 2.05) is 31.1 Å². The zero-order chi connectivity index (χ0) is 16.0. The van der Waals surface area contributed by atoms with Crippen LogP contribution >= 0.6 is 15.9 Å². The highest BCUT2D eigenvalue weighted by molar-refractivity contribution is 9.10. The van der Waals surface area contributed by atoms with Crippen LogP contribution in [0.3, 0.4) is 0 Å². The van der Waals surface area contributed by atoms with E-state index in [1.54, 1.807) is 4.90 Å². The first kappa shape index (κ1) is 15.0. The van der Waals surface area contributed by atoms with Crippen LogP contribution < -0.4 is 10.2 Å². The number of nitrogens with one attached hydrogen (secondary N) is 1. The second-order valence-electron chi connectivity index (χ2n) is 5.72. The molecule has 1 N–H and O–H groups in total. The number of nitrogens with zero attached hydrogens (tertiary/aromatic N) is 2. The second-order valence-corrected chi connectivity index (χ2v) is 6.58. The Kier molecular flexibility index (Phi) is 3.68. The van der Waals surface area contributed by atoms with E-state index >= 15 is 0 Å². The van der Waals surface area contributed by atoms with Crippen molar-refractivity contribution in [2.24, 2.45) is 0 Å². The largest absolute Gasteiger partial charge is 0.376 e. The molecule has 0 saturated carbocycles. The Morgan fingerprint density at radius 2 is 2.00 bits per heavy atom. The molecular formula is C15H16BrN3O3. The number of halogens is 1. The molecule has 22 heavy (non-hydrogen) atoms. The predicted molar refractivity (Wildman–Crippen MR) is 84.5 cm³/mol. The number of hydrogen-bond donors (Lipinski definition) is 1. The van der Waals surface area contributed by atoms with Crippen LogP contribution in [0.5, 0.6) is 0 Å². The number of anilines is 1. The summed E-state index contributed by atoms with van der Waals surface area (Å²) in [5.41, 5.74) is 2.35. The molecule has 2 heterocycles. The minimum absolute atomic E-state index is 0.158. The monoisotopic (exact) mass is 365 g/mol. The Morgan fingerprint density at radius 1 is 1.27 bits per heavy atom. The lowest BCUT2D eigenvalue weighted by atomic mass is 10.0. The number of carbonyl (C=O) groups excluding carboxylic acids is 3. The molecule has 6 nitrogen and oxygen atoms in total. The number of rotatable bonds is 2. The third-order valence-corrected chi connectivity index (χ3v) is 4.70. The molecule has 1 aromatic rings. The summed E-state index contributed by atoms with van der Waals surface area (Å²) in [5, 5.41) is 2.31. The van der Waals surface area contributed by atoms with Crippen molar-refractivity contribution in [3.63, 3.8) is 0 Å². The van der Waals surface area contributed by atoms with Crippen molar-refractivity contribution in [3.8, 4) is 0 Å². The molecule has 1 atom stereocenters. The van der Waals surface area contributed by atoms with Crippen molar-refractivity contribution >= 4 is 39.3 Å². The first-order valence-corrected chi connectivity index (χ1v) is 7.83. The van der Waals surface area contributed by atoms with E-state index < -0.39 is 6.04 Å². The first-order chi connectivity index (χ1) is 10.4. The van der Waals surface area contributed by atoms with Gasteiger partial charge in [-0.15, -0.1) is 0 Å². The normalized spacial score (nSPS) is 21.0. The van der Waals surface area contributed by atoms with Gasteiger partial charge in [0.1, 0.15) is 6.04 Å². The molecule has 1 saturated heterocycles. The Hall–Kier alpha value is -1.89. The molecule has 3 rings (SSSR count). The number of imide groups is 1. The number of amides is 3. The Labute approximate surface area is 136 Å².